The summed E-state index contributed by atoms with van der Waals surface area (Å²) in [6.07, 6.45) is 0.678. The molecule has 0 aliphatic rings. The van der Waals surface area contributed by atoms with Crippen LogP contribution in [0.5, 0.6) is 0 Å². The summed E-state index contributed by atoms with van der Waals surface area (Å²) in [5.41, 5.74) is 0.532. The lowest BCUT2D eigenvalue weighted by atomic mass is 10.1. The van der Waals surface area contributed by atoms with Gasteiger partial charge >= 0.3 is 5.97 Å². The van der Waals surface area contributed by atoms with Crippen molar-refractivity contribution in [2.45, 2.75) is 13.3 Å². The first-order valence-corrected chi connectivity index (χ1v) is 5.28. The van der Waals surface area contributed by atoms with Crippen molar-refractivity contribution in [3.8, 4) is 0 Å². The standard InChI is InChI=1S/C13H14O4/c1-2-17-13(16)9-11(14)8-12(15)10-6-4-3-5-7-10/h3-8,15H,2,9H2,1H3/b12-8+. The molecule has 0 spiro atoms. The molecule has 0 aliphatic heterocycles. The zero-order valence-corrected chi connectivity index (χ0v) is 9.55. The predicted molar refractivity (Wildman–Crippen MR) is 63.3 cm³/mol. The molecule has 0 unspecified atom stereocenters. The van der Waals surface area contributed by atoms with Gasteiger partial charge in [-0.05, 0) is 6.92 Å². The molecule has 17 heavy (non-hydrogen) atoms. The maximum absolute atomic E-state index is 11.4. The van der Waals surface area contributed by atoms with Gasteiger partial charge in [0.25, 0.3) is 0 Å². The number of hydrogen-bond donors (Lipinski definition) is 1. The highest BCUT2D eigenvalue weighted by Gasteiger charge is 2.09. The average molecular weight is 234 g/mol. The van der Waals surface area contributed by atoms with Crippen LogP contribution in [0.2, 0.25) is 0 Å². The van der Waals surface area contributed by atoms with Gasteiger partial charge in [-0.3, -0.25) is 9.59 Å². The van der Waals surface area contributed by atoms with Crippen molar-refractivity contribution in [2.75, 3.05) is 6.61 Å². The van der Waals surface area contributed by atoms with Crippen LogP contribution in [0.15, 0.2) is 36.4 Å². The van der Waals surface area contributed by atoms with Gasteiger partial charge in [-0.25, -0.2) is 0 Å². The van der Waals surface area contributed by atoms with E-state index in [1.165, 1.54) is 0 Å². The summed E-state index contributed by atoms with van der Waals surface area (Å²) in [4.78, 5) is 22.4. The molecule has 0 bridgehead atoms. The maximum atomic E-state index is 11.4. The topological polar surface area (TPSA) is 63.6 Å². The molecule has 0 fully saturated rings. The Balaban J connectivity index is 2.63. The van der Waals surface area contributed by atoms with E-state index in [0.717, 1.165) is 6.08 Å². The van der Waals surface area contributed by atoms with Gasteiger partial charge in [0.15, 0.2) is 5.78 Å². The van der Waals surface area contributed by atoms with Crippen molar-refractivity contribution in [1.29, 1.82) is 0 Å². The van der Waals surface area contributed by atoms with Crippen LogP contribution in [0.1, 0.15) is 18.9 Å². The lowest BCUT2D eigenvalue weighted by Crippen LogP contribution is -2.09. The molecular weight excluding hydrogens is 220 g/mol. The summed E-state index contributed by atoms with van der Waals surface area (Å²) in [5, 5.41) is 9.62. The number of carbonyl (C=O) groups is 2. The molecule has 90 valence electrons. The van der Waals surface area contributed by atoms with Gasteiger partial charge in [0.2, 0.25) is 0 Å². The van der Waals surface area contributed by atoms with E-state index < -0.39 is 11.8 Å². The summed E-state index contributed by atoms with van der Waals surface area (Å²) >= 11 is 0. The third-order valence-electron chi connectivity index (χ3n) is 1.99. The van der Waals surface area contributed by atoms with Crippen LogP contribution in [0.4, 0.5) is 0 Å². The second-order valence-electron chi connectivity index (χ2n) is 3.34. The van der Waals surface area contributed by atoms with Crippen LogP contribution in [0.25, 0.3) is 5.76 Å². The lowest BCUT2D eigenvalue weighted by Gasteiger charge is -2.00. The highest BCUT2D eigenvalue weighted by Crippen LogP contribution is 2.10. The average Bonchev–Trinajstić information content (AvgIpc) is 2.30. The third kappa shape index (κ3) is 4.51. The monoisotopic (exact) mass is 234 g/mol. The molecule has 1 aromatic carbocycles. The number of hydrogen-bond acceptors (Lipinski definition) is 4. The summed E-state index contributed by atoms with van der Waals surface area (Å²) in [7, 11) is 0. The van der Waals surface area contributed by atoms with Crippen LogP contribution >= 0.6 is 0 Å². The minimum Gasteiger partial charge on any atom is -0.507 e. The van der Waals surface area contributed by atoms with Crippen molar-refractivity contribution < 1.29 is 19.4 Å². The molecule has 1 rings (SSSR count). The van der Waals surface area contributed by atoms with Crippen molar-refractivity contribution in [3.05, 3.63) is 42.0 Å². The van der Waals surface area contributed by atoms with Gasteiger partial charge in [0, 0.05) is 11.6 Å². The number of aliphatic hydroxyl groups is 1. The highest BCUT2D eigenvalue weighted by molar-refractivity contribution is 6.04. The number of aliphatic hydroxyl groups excluding tert-OH is 1. The normalized spacial score (nSPS) is 11.0. The van der Waals surface area contributed by atoms with Crippen LogP contribution < -0.4 is 0 Å². The molecule has 1 aromatic rings. The molecule has 0 atom stereocenters. The fourth-order valence-corrected chi connectivity index (χ4v) is 1.25. The molecule has 1 N–H and O–H groups in total. The van der Waals surface area contributed by atoms with Crippen LogP contribution in [-0.4, -0.2) is 23.5 Å². The number of esters is 1. The second-order valence-corrected chi connectivity index (χ2v) is 3.34. The summed E-state index contributed by atoms with van der Waals surface area (Å²) in [6, 6.07) is 8.63. The van der Waals surface area contributed by atoms with E-state index in [4.69, 9.17) is 0 Å². The molecule has 0 heterocycles. The van der Waals surface area contributed by atoms with Gasteiger partial charge in [-0.15, -0.1) is 0 Å². The van der Waals surface area contributed by atoms with Gasteiger partial charge in [0.05, 0.1) is 6.61 Å². The van der Waals surface area contributed by atoms with E-state index >= 15 is 0 Å². The molecule has 0 saturated heterocycles. The van der Waals surface area contributed by atoms with Crippen molar-refractivity contribution in [1.82, 2.24) is 0 Å². The first kappa shape index (κ1) is 13.0. The lowest BCUT2D eigenvalue weighted by molar-refractivity contribution is -0.144. The first-order chi connectivity index (χ1) is 8.13. The first-order valence-electron chi connectivity index (χ1n) is 5.28. The molecule has 4 heteroatoms. The predicted octanol–water partition coefficient (Wildman–Crippen LogP) is 2.11. The number of ether oxygens (including phenoxy) is 1. The van der Waals surface area contributed by atoms with Crippen LogP contribution in [0.3, 0.4) is 0 Å². The van der Waals surface area contributed by atoms with Gasteiger partial charge in [0.1, 0.15) is 12.2 Å². The fourth-order valence-electron chi connectivity index (χ4n) is 1.25. The van der Waals surface area contributed by atoms with E-state index in [9.17, 15) is 14.7 Å². The van der Waals surface area contributed by atoms with Gasteiger partial charge in [-0.1, -0.05) is 30.3 Å². The SMILES string of the molecule is CCOC(=O)CC(=O)/C=C(/O)c1ccccc1. The number of carbonyl (C=O) groups excluding carboxylic acids is 2. The third-order valence-corrected chi connectivity index (χ3v) is 1.99. The van der Waals surface area contributed by atoms with E-state index in [1.807, 2.05) is 0 Å². The Morgan fingerprint density at radius 1 is 1.29 bits per heavy atom. The maximum Gasteiger partial charge on any atom is 0.313 e. The Labute approximate surface area is 99.5 Å². The Kier molecular flexibility index (Phi) is 4.94. The minimum atomic E-state index is -0.588. The Bertz CT molecular complexity index is 420. The number of ketones is 1. The molecule has 0 radical (unpaired) electrons. The minimum absolute atomic E-state index is 0.153. The Morgan fingerprint density at radius 2 is 1.94 bits per heavy atom. The fraction of sp³-hybridized carbons (Fsp3) is 0.231. The van der Waals surface area contributed by atoms with Crippen molar-refractivity contribution in [2.24, 2.45) is 0 Å². The van der Waals surface area contributed by atoms with E-state index in [-0.39, 0.29) is 18.8 Å². The molecule has 0 aromatic heterocycles. The number of benzene rings is 1. The Hall–Kier alpha value is -2.10. The van der Waals surface area contributed by atoms with Crippen molar-refractivity contribution in [3.63, 3.8) is 0 Å². The summed E-state index contributed by atoms with van der Waals surface area (Å²) < 4.78 is 4.63. The second kappa shape index (κ2) is 6.48. The van der Waals surface area contributed by atoms with E-state index in [2.05, 4.69) is 4.74 Å². The Morgan fingerprint density at radius 3 is 2.53 bits per heavy atom. The van der Waals surface area contributed by atoms with Gasteiger partial charge < -0.3 is 9.84 Å². The molecule has 0 amide bonds. The van der Waals surface area contributed by atoms with Gasteiger partial charge in [-0.2, -0.15) is 0 Å². The smallest absolute Gasteiger partial charge is 0.313 e. The summed E-state index contributed by atoms with van der Waals surface area (Å²) in [5.74, 6) is -1.22. The molecule has 0 saturated carbocycles. The van der Waals surface area contributed by atoms with Crippen molar-refractivity contribution >= 4 is 17.5 Å². The van der Waals surface area contributed by atoms with Crippen LogP contribution in [0, 0.1) is 0 Å². The number of allylic oxidation sites excluding steroid dienone is 1. The zero-order valence-electron chi connectivity index (χ0n) is 9.55. The summed E-state index contributed by atoms with van der Waals surface area (Å²) in [6.45, 7) is 1.90. The van der Waals surface area contributed by atoms with E-state index in [0.29, 0.717) is 5.56 Å². The molecule has 0 aliphatic carbocycles. The molecule has 4 nitrogen and oxygen atoms in total. The zero-order chi connectivity index (χ0) is 12.7. The highest BCUT2D eigenvalue weighted by atomic mass is 16.5. The number of rotatable bonds is 5. The van der Waals surface area contributed by atoms with E-state index in [1.54, 1.807) is 37.3 Å². The quantitative estimate of drug-likeness (QED) is 0.367. The molecular formula is C13H14O4. The van der Waals surface area contributed by atoms with Crippen LogP contribution in [-0.2, 0) is 14.3 Å². The largest absolute Gasteiger partial charge is 0.507 e.